The fourth-order valence-electron chi connectivity index (χ4n) is 1.93. The Labute approximate surface area is 120 Å². The first-order valence-corrected chi connectivity index (χ1v) is 6.91. The highest BCUT2D eigenvalue weighted by atomic mass is 16.5. The number of carbonyl (C=O) groups is 1. The number of nitrogens with one attached hydrogen (secondary N) is 1. The van der Waals surface area contributed by atoms with Crippen LogP contribution in [0.1, 0.15) is 32.8 Å². The molecule has 0 aliphatic heterocycles. The highest BCUT2D eigenvalue weighted by Gasteiger charge is 2.07. The molecule has 0 spiro atoms. The number of para-hydroxylation sites is 1. The fraction of sp³-hybridized carbons (Fsp3) is 0.438. The normalized spacial score (nSPS) is 14.0. The van der Waals surface area contributed by atoms with E-state index in [1.165, 1.54) is 6.08 Å². The van der Waals surface area contributed by atoms with E-state index in [1.54, 1.807) is 13.0 Å². The van der Waals surface area contributed by atoms with Crippen molar-refractivity contribution in [3.05, 3.63) is 35.9 Å². The summed E-state index contributed by atoms with van der Waals surface area (Å²) in [7, 11) is 0. The average Bonchev–Trinajstić information content (AvgIpc) is 2.37. The first kappa shape index (κ1) is 16.2. The molecule has 1 rings (SSSR count). The second-order valence-corrected chi connectivity index (χ2v) is 4.80. The van der Waals surface area contributed by atoms with Gasteiger partial charge in [-0.2, -0.15) is 0 Å². The van der Waals surface area contributed by atoms with Gasteiger partial charge in [0.05, 0.1) is 12.7 Å². The Balaban J connectivity index is 2.61. The molecule has 0 heterocycles. The molecule has 0 bridgehead atoms. The molecule has 0 aliphatic rings. The van der Waals surface area contributed by atoms with Crippen molar-refractivity contribution in [3.63, 3.8) is 0 Å². The summed E-state index contributed by atoms with van der Waals surface area (Å²) in [5, 5.41) is 12.1. The van der Waals surface area contributed by atoms with E-state index in [2.05, 4.69) is 5.32 Å². The number of ether oxygens (including phenoxy) is 1. The van der Waals surface area contributed by atoms with Crippen LogP contribution in [0.15, 0.2) is 30.3 Å². The van der Waals surface area contributed by atoms with E-state index in [9.17, 15) is 9.90 Å². The monoisotopic (exact) mass is 277 g/mol. The van der Waals surface area contributed by atoms with Gasteiger partial charge in [0.1, 0.15) is 5.75 Å². The number of aliphatic hydroxyl groups excluding tert-OH is 1. The van der Waals surface area contributed by atoms with Crippen LogP contribution in [0.25, 0.3) is 6.08 Å². The maximum Gasteiger partial charge on any atom is 0.244 e. The van der Waals surface area contributed by atoms with Gasteiger partial charge < -0.3 is 15.2 Å². The van der Waals surface area contributed by atoms with Gasteiger partial charge in [0, 0.05) is 17.7 Å². The summed E-state index contributed by atoms with van der Waals surface area (Å²) >= 11 is 0. The Morgan fingerprint density at radius 3 is 2.75 bits per heavy atom. The van der Waals surface area contributed by atoms with Gasteiger partial charge in [0.2, 0.25) is 5.91 Å². The maximum absolute atomic E-state index is 11.8. The number of benzene rings is 1. The van der Waals surface area contributed by atoms with Crippen molar-refractivity contribution in [1.82, 2.24) is 5.32 Å². The maximum atomic E-state index is 11.8. The summed E-state index contributed by atoms with van der Waals surface area (Å²) in [5.74, 6) is 0.584. The minimum atomic E-state index is -0.423. The van der Waals surface area contributed by atoms with Crippen molar-refractivity contribution in [2.45, 2.75) is 39.3 Å². The second kappa shape index (κ2) is 8.38. The van der Waals surface area contributed by atoms with Crippen LogP contribution in [0.4, 0.5) is 0 Å². The smallest absolute Gasteiger partial charge is 0.244 e. The number of carbonyl (C=O) groups excluding carboxylic acids is 1. The molecule has 1 aromatic rings. The number of hydrogen-bond donors (Lipinski definition) is 2. The molecule has 20 heavy (non-hydrogen) atoms. The van der Waals surface area contributed by atoms with Crippen molar-refractivity contribution < 1.29 is 14.6 Å². The van der Waals surface area contributed by atoms with Crippen LogP contribution in [0, 0.1) is 0 Å². The Bertz CT molecular complexity index is 455. The molecule has 0 radical (unpaired) electrons. The lowest BCUT2D eigenvalue weighted by atomic mass is 10.1. The van der Waals surface area contributed by atoms with E-state index in [4.69, 9.17) is 4.74 Å². The molecule has 2 atom stereocenters. The van der Waals surface area contributed by atoms with Crippen LogP contribution in [0.3, 0.4) is 0 Å². The van der Waals surface area contributed by atoms with Crippen LogP contribution >= 0.6 is 0 Å². The van der Waals surface area contributed by atoms with Crippen LogP contribution in [-0.2, 0) is 4.79 Å². The van der Waals surface area contributed by atoms with Gasteiger partial charge in [0.25, 0.3) is 0 Å². The molecule has 1 aromatic carbocycles. The van der Waals surface area contributed by atoms with Crippen LogP contribution < -0.4 is 10.1 Å². The van der Waals surface area contributed by atoms with Gasteiger partial charge >= 0.3 is 0 Å². The topological polar surface area (TPSA) is 58.6 Å². The molecule has 4 nitrogen and oxygen atoms in total. The third kappa shape index (κ3) is 5.89. The third-order valence-corrected chi connectivity index (χ3v) is 2.72. The summed E-state index contributed by atoms with van der Waals surface area (Å²) in [6.45, 7) is 6.08. The lowest BCUT2D eigenvalue weighted by Gasteiger charge is -2.13. The third-order valence-electron chi connectivity index (χ3n) is 2.72. The first-order valence-electron chi connectivity index (χ1n) is 6.91. The van der Waals surface area contributed by atoms with Crippen LogP contribution in [-0.4, -0.2) is 29.8 Å². The van der Waals surface area contributed by atoms with Gasteiger partial charge in [-0.05, 0) is 39.3 Å². The average molecular weight is 277 g/mol. The standard InChI is InChI=1S/C16H23NO3/c1-4-20-15-8-6-5-7-14(15)9-10-16(19)17-12(2)11-13(3)18/h5-10,12-13,18H,4,11H2,1-3H3,(H,17,19)/b10-9+. The molecule has 2 N–H and O–H groups in total. The predicted molar refractivity (Wildman–Crippen MR) is 80.5 cm³/mol. The molecule has 0 saturated heterocycles. The van der Waals surface area contributed by atoms with Gasteiger partial charge in [-0.3, -0.25) is 4.79 Å². The Kier molecular flexibility index (Phi) is 6.81. The Morgan fingerprint density at radius 2 is 2.10 bits per heavy atom. The lowest BCUT2D eigenvalue weighted by Crippen LogP contribution is -2.33. The minimum absolute atomic E-state index is 0.0608. The molecule has 2 unspecified atom stereocenters. The van der Waals surface area contributed by atoms with E-state index in [-0.39, 0.29) is 11.9 Å². The van der Waals surface area contributed by atoms with Gasteiger partial charge in [-0.15, -0.1) is 0 Å². The zero-order valence-corrected chi connectivity index (χ0v) is 12.3. The van der Waals surface area contributed by atoms with Crippen molar-refractivity contribution in [2.24, 2.45) is 0 Å². The quantitative estimate of drug-likeness (QED) is 0.752. The molecule has 110 valence electrons. The Hall–Kier alpha value is -1.81. The summed E-state index contributed by atoms with van der Waals surface area (Å²) in [5.41, 5.74) is 0.868. The zero-order chi connectivity index (χ0) is 15.0. The van der Waals surface area contributed by atoms with Crippen LogP contribution in [0.2, 0.25) is 0 Å². The van der Waals surface area contributed by atoms with E-state index in [1.807, 2.05) is 38.1 Å². The minimum Gasteiger partial charge on any atom is -0.493 e. The molecule has 0 fully saturated rings. The van der Waals surface area contributed by atoms with E-state index in [0.29, 0.717) is 13.0 Å². The summed E-state index contributed by atoms with van der Waals surface area (Å²) < 4.78 is 5.49. The lowest BCUT2D eigenvalue weighted by molar-refractivity contribution is -0.117. The largest absolute Gasteiger partial charge is 0.493 e. The summed E-state index contributed by atoms with van der Waals surface area (Å²) in [4.78, 5) is 11.8. The number of hydrogen-bond acceptors (Lipinski definition) is 3. The SMILES string of the molecule is CCOc1ccccc1/C=C/C(=O)NC(C)CC(C)O. The number of amides is 1. The highest BCUT2D eigenvalue weighted by Crippen LogP contribution is 2.19. The van der Waals surface area contributed by atoms with Crippen molar-refractivity contribution >= 4 is 12.0 Å². The predicted octanol–water partition coefficient (Wildman–Crippen LogP) is 2.37. The van der Waals surface area contributed by atoms with Crippen molar-refractivity contribution in [2.75, 3.05) is 6.61 Å². The molecule has 0 saturated carbocycles. The van der Waals surface area contributed by atoms with Crippen LogP contribution in [0.5, 0.6) is 5.75 Å². The molecular weight excluding hydrogens is 254 g/mol. The zero-order valence-electron chi connectivity index (χ0n) is 12.3. The van der Waals surface area contributed by atoms with Gasteiger partial charge in [0.15, 0.2) is 0 Å². The number of aliphatic hydroxyl groups is 1. The van der Waals surface area contributed by atoms with Gasteiger partial charge in [-0.1, -0.05) is 18.2 Å². The summed E-state index contributed by atoms with van der Waals surface area (Å²) in [6, 6.07) is 7.50. The second-order valence-electron chi connectivity index (χ2n) is 4.80. The van der Waals surface area contributed by atoms with E-state index >= 15 is 0 Å². The molecule has 0 aromatic heterocycles. The molecule has 1 amide bonds. The van der Waals surface area contributed by atoms with E-state index < -0.39 is 6.10 Å². The summed E-state index contributed by atoms with van der Waals surface area (Å²) in [6.07, 6.45) is 3.33. The first-order chi connectivity index (χ1) is 9.52. The molecule has 4 heteroatoms. The van der Waals surface area contributed by atoms with Crippen molar-refractivity contribution in [3.8, 4) is 5.75 Å². The highest BCUT2D eigenvalue weighted by molar-refractivity contribution is 5.92. The molecular formula is C16H23NO3. The van der Waals surface area contributed by atoms with Gasteiger partial charge in [-0.25, -0.2) is 0 Å². The molecule has 0 aliphatic carbocycles. The number of rotatable bonds is 7. The Morgan fingerprint density at radius 1 is 1.40 bits per heavy atom. The fourth-order valence-corrected chi connectivity index (χ4v) is 1.93. The van der Waals surface area contributed by atoms with Crippen molar-refractivity contribution in [1.29, 1.82) is 0 Å². The van der Waals surface area contributed by atoms with E-state index in [0.717, 1.165) is 11.3 Å².